The molecule has 0 aliphatic rings. The molecule has 1 rings (SSSR count). The molecule has 0 fully saturated rings. The lowest BCUT2D eigenvalue weighted by Crippen LogP contribution is -2.17. The van der Waals surface area contributed by atoms with Gasteiger partial charge in [0.1, 0.15) is 4.90 Å². The van der Waals surface area contributed by atoms with Crippen molar-refractivity contribution in [3.63, 3.8) is 0 Å². The number of halogens is 4. The van der Waals surface area contributed by atoms with Crippen LogP contribution in [0.4, 0.5) is 17.6 Å². The topological polar surface area (TPSA) is 185 Å². The molecular formula is C29H46F4NO14S-. The first kappa shape index (κ1) is 45.1. The standard InChI is InChI=1S/C29H47F4NO14S/c30-24-26(32)29(49(36)37)27(33)25(31)28(24)48-23(35)1-3-38-5-7-40-9-11-42-13-15-44-17-19-46-21-22-47-20-18-45-16-14-43-12-10-41-8-6-39-4-2-34/h1-22,34H2,(H,36,37)/p-1. The van der Waals surface area contributed by atoms with E-state index in [0.29, 0.717) is 112 Å². The van der Waals surface area contributed by atoms with Crippen LogP contribution >= 0.6 is 0 Å². The second-order valence-electron chi connectivity index (χ2n) is 9.29. The summed E-state index contributed by atoms with van der Waals surface area (Å²) >= 11 is -3.59. The summed E-state index contributed by atoms with van der Waals surface area (Å²) < 4.78 is 134. The molecule has 0 radical (unpaired) electrons. The maximum Gasteiger partial charge on any atom is 0.313 e. The Hall–Kier alpha value is -1.92. The van der Waals surface area contributed by atoms with Crippen molar-refractivity contribution in [3.05, 3.63) is 23.3 Å². The zero-order chi connectivity index (χ0) is 36.0. The third kappa shape index (κ3) is 22.5. The summed E-state index contributed by atoms with van der Waals surface area (Å²) in [6.45, 7) is 7.79. The summed E-state index contributed by atoms with van der Waals surface area (Å²) in [6, 6.07) is 0. The number of rotatable bonds is 34. The molecular weight excluding hydrogens is 694 g/mol. The molecule has 20 heteroatoms. The minimum Gasteiger partial charge on any atom is -0.768 e. The van der Waals surface area contributed by atoms with Crippen LogP contribution in [0.25, 0.3) is 0 Å². The third-order valence-electron chi connectivity index (χ3n) is 5.63. The van der Waals surface area contributed by atoms with E-state index >= 15 is 0 Å². The lowest BCUT2D eigenvalue weighted by molar-refractivity contribution is -0.136. The van der Waals surface area contributed by atoms with Crippen LogP contribution in [-0.4, -0.2) is 153 Å². The van der Waals surface area contributed by atoms with Gasteiger partial charge in [0, 0.05) is 6.54 Å². The predicted octanol–water partition coefficient (Wildman–Crippen LogP) is 0.901. The molecule has 1 atom stereocenters. The van der Waals surface area contributed by atoms with Gasteiger partial charge in [-0.2, -0.15) is 8.78 Å². The highest BCUT2D eigenvalue weighted by molar-refractivity contribution is 7.79. The van der Waals surface area contributed by atoms with Crippen LogP contribution in [0.15, 0.2) is 4.90 Å². The molecule has 0 aromatic heterocycles. The van der Waals surface area contributed by atoms with Gasteiger partial charge in [0.05, 0.1) is 139 Å². The van der Waals surface area contributed by atoms with Crippen molar-refractivity contribution in [2.75, 3.05) is 139 Å². The van der Waals surface area contributed by atoms with Crippen molar-refractivity contribution in [3.8, 4) is 5.75 Å². The number of ether oxygens (including phenoxy) is 11. The largest absolute Gasteiger partial charge is 0.768 e. The van der Waals surface area contributed by atoms with E-state index in [1.807, 2.05) is 0 Å². The van der Waals surface area contributed by atoms with Crippen molar-refractivity contribution >= 4 is 17.0 Å². The lowest BCUT2D eigenvalue weighted by atomic mass is 10.3. The Morgan fingerprint density at radius 1 is 0.490 bits per heavy atom. The van der Waals surface area contributed by atoms with Crippen LogP contribution in [0.1, 0.15) is 6.42 Å². The monoisotopic (exact) mass is 740 g/mol. The fourth-order valence-electron chi connectivity index (χ4n) is 3.31. The van der Waals surface area contributed by atoms with E-state index in [9.17, 15) is 31.1 Å². The van der Waals surface area contributed by atoms with Gasteiger partial charge in [0.15, 0.2) is 11.6 Å². The van der Waals surface area contributed by atoms with Crippen LogP contribution in [0, 0.1) is 23.3 Å². The van der Waals surface area contributed by atoms with Crippen molar-refractivity contribution in [2.24, 2.45) is 5.73 Å². The number of nitrogens with two attached hydrogens (primary N) is 1. The van der Waals surface area contributed by atoms with E-state index in [4.69, 9.17) is 53.1 Å². The van der Waals surface area contributed by atoms with Crippen LogP contribution in [-0.2, 0) is 63.2 Å². The second-order valence-corrected chi connectivity index (χ2v) is 10.2. The molecule has 2 N–H and O–H groups in total. The van der Waals surface area contributed by atoms with Crippen molar-refractivity contribution < 1.29 is 83.2 Å². The molecule has 0 amide bonds. The van der Waals surface area contributed by atoms with Crippen LogP contribution < -0.4 is 10.5 Å². The Morgan fingerprint density at radius 2 is 0.755 bits per heavy atom. The number of benzene rings is 1. The molecule has 0 aliphatic heterocycles. The minimum atomic E-state index is -3.59. The number of esters is 1. The molecule has 0 heterocycles. The highest BCUT2D eigenvalue weighted by atomic mass is 32.2. The zero-order valence-corrected chi connectivity index (χ0v) is 28.1. The Bertz CT molecular complexity index is 1000. The van der Waals surface area contributed by atoms with Gasteiger partial charge in [0.25, 0.3) is 0 Å². The van der Waals surface area contributed by atoms with Crippen LogP contribution in [0.3, 0.4) is 0 Å². The maximum absolute atomic E-state index is 13.9. The summed E-state index contributed by atoms with van der Waals surface area (Å²) in [4.78, 5) is 9.90. The molecule has 1 unspecified atom stereocenters. The fourth-order valence-corrected chi connectivity index (χ4v) is 3.78. The van der Waals surface area contributed by atoms with E-state index in [-0.39, 0.29) is 26.4 Å². The number of carbonyl (C=O) groups excluding carboxylic acids is 1. The SMILES string of the molecule is NCCOCCOCCOCCOCCOCCOCCOCCOCCOCCOCCC(=O)Oc1c(F)c(F)c(S(=O)[O-])c(F)c1F. The average Bonchev–Trinajstić information content (AvgIpc) is 3.08. The third-order valence-corrected chi connectivity index (χ3v) is 6.32. The van der Waals surface area contributed by atoms with Gasteiger partial charge in [-0.05, 0) is 11.1 Å². The second kappa shape index (κ2) is 30.9. The van der Waals surface area contributed by atoms with E-state index in [1.165, 1.54) is 0 Å². The zero-order valence-electron chi connectivity index (χ0n) is 27.3. The van der Waals surface area contributed by atoms with E-state index in [0.717, 1.165) is 0 Å². The summed E-state index contributed by atoms with van der Waals surface area (Å²) in [5.41, 5.74) is 5.31. The lowest BCUT2D eigenvalue weighted by Gasteiger charge is -2.13. The fraction of sp³-hybridized carbons (Fsp3) is 0.759. The van der Waals surface area contributed by atoms with Gasteiger partial charge >= 0.3 is 5.97 Å². The number of carbonyl (C=O) groups is 1. The number of hydrogen-bond acceptors (Lipinski definition) is 15. The van der Waals surface area contributed by atoms with Gasteiger partial charge in [0.2, 0.25) is 17.4 Å². The van der Waals surface area contributed by atoms with Gasteiger partial charge in [-0.15, -0.1) is 0 Å². The van der Waals surface area contributed by atoms with Crippen LogP contribution in [0.2, 0.25) is 0 Å². The minimum absolute atomic E-state index is 0.0611. The first-order chi connectivity index (χ1) is 23.8. The number of hydrogen-bond donors (Lipinski definition) is 1. The summed E-state index contributed by atoms with van der Waals surface area (Å²) in [6.07, 6.45) is -0.516. The normalized spacial score (nSPS) is 12.1. The molecule has 286 valence electrons. The smallest absolute Gasteiger partial charge is 0.313 e. The van der Waals surface area contributed by atoms with Crippen molar-refractivity contribution in [1.29, 1.82) is 0 Å². The van der Waals surface area contributed by atoms with Crippen molar-refractivity contribution in [2.45, 2.75) is 11.3 Å². The Morgan fingerprint density at radius 3 is 1.02 bits per heavy atom. The highest BCUT2D eigenvalue weighted by Crippen LogP contribution is 2.31. The molecule has 0 spiro atoms. The van der Waals surface area contributed by atoms with Crippen LogP contribution in [0.5, 0.6) is 5.75 Å². The van der Waals surface area contributed by atoms with Gasteiger partial charge in [-0.3, -0.25) is 9.00 Å². The first-order valence-electron chi connectivity index (χ1n) is 15.4. The van der Waals surface area contributed by atoms with Crippen molar-refractivity contribution in [1.82, 2.24) is 0 Å². The molecule has 0 saturated heterocycles. The summed E-state index contributed by atoms with van der Waals surface area (Å²) in [5.74, 6) is -11.7. The maximum atomic E-state index is 13.9. The molecule has 1 aromatic carbocycles. The molecule has 0 bridgehead atoms. The molecule has 15 nitrogen and oxygen atoms in total. The molecule has 0 aliphatic carbocycles. The predicted molar refractivity (Wildman–Crippen MR) is 161 cm³/mol. The Labute approximate surface area is 285 Å². The highest BCUT2D eigenvalue weighted by Gasteiger charge is 2.28. The van der Waals surface area contributed by atoms with E-state index in [1.54, 1.807) is 0 Å². The Balaban J connectivity index is 1.81. The molecule has 1 aromatic rings. The van der Waals surface area contributed by atoms with Gasteiger partial charge in [-0.1, -0.05) is 0 Å². The summed E-state index contributed by atoms with van der Waals surface area (Å²) in [5, 5.41) is 0. The van der Waals surface area contributed by atoms with Gasteiger partial charge in [-0.25, -0.2) is 8.78 Å². The first-order valence-corrected chi connectivity index (χ1v) is 16.5. The van der Waals surface area contributed by atoms with E-state index < -0.39 is 57.4 Å². The van der Waals surface area contributed by atoms with E-state index in [2.05, 4.69) is 4.74 Å². The Kier molecular flexibility index (Phi) is 28.4. The molecule has 0 saturated carbocycles. The van der Waals surface area contributed by atoms with Gasteiger partial charge < -0.3 is 62.4 Å². The summed E-state index contributed by atoms with van der Waals surface area (Å²) in [7, 11) is 0. The average molecular weight is 741 g/mol. The molecule has 49 heavy (non-hydrogen) atoms. The quantitative estimate of drug-likeness (QED) is 0.0262.